The molecular weight excluding hydrogens is 443 g/mol. The second kappa shape index (κ2) is 7.95. The zero-order valence-corrected chi connectivity index (χ0v) is 17.8. The minimum atomic E-state index is -4.64. The van der Waals surface area contributed by atoms with Crippen LogP contribution in [0.2, 0.25) is 0 Å². The van der Waals surface area contributed by atoms with Crippen molar-refractivity contribution < 1.29 is 26.4 Å². The number of hydrogen-bond donors (Lipinski definition) is 1. The quantitative estimate of drug-likeness (QED) is 0.429. The molecule has 0 radical (unpaired) electrons. The fraction of sp³-hybridized carbons (Fsp3) is 0.136. The van der Waals surface area contributed by atoms with Crippen LogP contribution in [0.25, 0.3) is 16.9 Å². The van der Waals surface area contributed by atoms with Gasteiger partial charge in [0.1, 0.15) is 5.65 Å². The summed E-state index contributed by atoms with van der Waals surface area (Å²) in [5, 5.41) is 0. The van der Waals surface area contributed by atoms with Crippen molar-refractivity contribution in [1.29, 1.82) is 0 Å². The van der Waals surface area contributed by atoms with Crippen LogP contribution in [-0.4, -0.2) is 17.8 Å². The van der Waals surface area contributed by atoms with Gasteiger partial charge in [0.25, 0.3) is 10.0 Å². The molecule has 0 saturated heterocycles. The van der Waals surface area contributed by atoms with Crippen LogP contribution in [0.1, 0.15) is 16.7 Å². The van der Waals surface area contributed by atoms with Gasteiger partial charge >= 0.3 is 6.18 Å². The molecule has 4 rings (SSSR count). The molecular formula is C22H18F3N3O3S. The molecule has 0 fully saturated rings. The van der Waals surface area contributed by atoms with E-state index in [4.69, 9.17) is 4.84 Å². The SMILES string of the molecule is Cc1ccn2cc(-c3c(C(F)(F)F)ccc(ONS(=O)(=O)c4ccccc4)c3C)nc2c1. The molecule has 1 N–H and O–H groups in total. The van der Waals surface area contributed by atoms with Crippen LogP contribution in [0, 0.1) is 13.8 Å². The highest BCUT2D eigenvalue weighted by molar-refractivity contribution is 7.89. The minimum absolute atomic E-state index is 0.0412. The van der Waals surface area contributed by atoms with Crippen molar-refractivity contribution in [3.63, 3.8) is 0 Å². The predicted octanol–water partition coefficient (Wildman–Crippen LogP) is 4.91. The average Bonchev–Trinajstić information content (AvgIpc) is 3.15. The highest BCUT2D eigenvalue weighted by Gasteiger charge is 2.36. The zero-order valence-electron chi connectivity index (χ0n) is 17.0. The Balaban J connectivity index is 1.77. The molecule has 0 bridgehead atoms. The number of halogens is 3. The lowest BCUT2D eigenvalue weighted by molar-refractivity contribution is -0.137. The largest absolute Gasteiger partial charge is 0.417 e. The summed E-state index contributed by atoms with van der Waals surface area (Å²) in [6.07, 6.45) is -1.45. The summed E-state index contributed by atoms with van der Waals surface area (Å²) in [6, 6.07) is 13.0. The first-order valence-corrected chi connectivity index (χ1v) is 10.9. The molecule has 6 nitrogen and oxygen atoms in total. The first kappa shape index (κ1) is 21.8. The molecule has 0 aliphatic rings. The second-order valence-electron chi connectivity index (χ2n) is 7.21. The molecule has 32 heavy (non-hydrogen) atoms. The third-order valence-corrected chi connectivity index (χ3v) is 6.10. The van der Waals surface area contributed by atoms with Crippen LogP contribution in [-0.2, 0) is 16.2 Å². The fourth-order valence-corrected chi connectivity index (χ4v) is 4.13. The molecule has 2 aromatic carbocycles. The normalized spacial score (nSPS) is 12.3. The number of imidazole rings is 1. The van der Waals surface area contributed by atoms with Crippen molar-refractivity contribution in [2.24, 2.45) is 0 Å². The van der Waals surface area contributed by atoms with E-state index in [9.17, 15) is 21.6 Å². The van der Waals surface area contributed by atoms with Gasteiger partial charge in [-0.25, -0.2) is 13.4 Å². The van der Waals surface area contributed by atoms with E-state index >= 15 is 0 Å². The summed E-state index contributed by atoms with van der Waals surface area (Å²) in [5.74, 6) is -0.0688. The van der Waals surface area contributed by atoms with Gasteiger partial charge in [-0.3, -0.25) is 0 Å². The molecule has 0 amide bonds. The molecule has 0 aliphatic heterocycles. The fourth-order valence-electron chi connectivity index (χ4n) is 3.32. The second-order valence-corrected chi connectivity index (χ2v) is 8.85. The van der Waals surface area contributed by atoms with Crippen LogP contribution in [0.15, 0.2) is 71.9 Å². The summed E-state index contributed by atoms with van der Waals surface area (Å²) in [5.41, 5.74) is 0.509. The number of nitrogens with zero attached hydrogens (tertiary/aromatic N) is 2. The van der Waals surface area contributed by atoms with E-state index in [1.807, 2.05) is 17.9 Å². The van der Waals surface area contributed by atoms with Crippen molar-refractivity contribution in [3.05, 3.63) is 83.7 Å². The molecule has 0 spiro atoms. The van der Waals surface area contributed by atoms with Crippen LogP contribution in [0.5, 0.6) is 5.75 Å². The van der Waals surface area contributed by atoms with E-state index in [0.29, 0.717) is 5.65 Å². The highest BCUT2D eigenvalue weighted by Crippen LogP contribution is 2.41. The Morgan fingerprint density at radius 3 is 2.44 bits per heavy atom. The standard InChI is InChI=1S/C22H18F3N3O3S/c1-14-10-11-28-13-18(26-20(28)12-14)21-15(2)19(9-8-17(21)22(23,24)25)31-27-32(29,30)16-6-4-3-5-7-16/h3-13,27H,1-2H3. The first-order chi connectivity index (χ1) is 15.1. The van der Waals surface area contributed by atoms with E-state index in [-0.39, 0.29) is 27.5 Å². The van der Waals surface area contributed by atoms with E-state index < -0.39 is 21.8 Å². The third kappa shape index (κ3) is 4.19. The number of benzene rings is 2. The maximum atomic E-state index is 13.8. The van der Waals surface area contributed by atoms with Gasteiger partial charge in [-0.1, -0.05) is 18.2 Å². The molecule has 2 heterocycles. The molecule has 4 aromatic rings. The van der Waals surface area contributed by atoms with Crippen molar-refractivity contribution in [1.82, 2.24) is 14.3 Å². The first-order valence-electron chi connectivity index (χ1n) is 9.46. The molecule has 0 atom stereocenters. The number of hydrogen-bond acceptors (Lipinski definition) is 4. The van der Waals surface area contributed by atoms with Crippen LogP contribution >= 0.6 is 0 Å². The Hall–Kier alpha value is -3.37. The lowest BCUT2D eigenvalue weighted by atomic mass is 9.98. The van der Waals surface area contributed by atoms with Crippen LogP contribution in [0.3, 0.4) is 0 Å². The van der Waals surface area contributed by atoms with Gasteiger partial charge in [-0.2, -0.15) is 13.2 Å². The summed E-state index contributed by atoms with van der Waals surface area (Å²) in [7, 11) is -4.03. The van der Waals surface area contributed by atoms with Crippen LogP contribution in [0.4, 0.5) is 13.2 Å². The Bertz CT molecular complexity index is 1400. The number of rotatable bonds is 5. The summed E-state index contributed by atoms with van der Waals surface area (Å²) < 4.78 is 67.8. The summed E-state index contributed by atoms with van der Waals surface area (Å²) >= 11 is 0. The Morgan fingerprint density at radius 2 is 1.75 bits per heavy atom. The van der Waals surface area contributed by atoms with E-state index in [1.165, 1.54) is 25.3 Å². The lowest BCUT2D eigenvalue weighted by Crippen LogP contribution is -2.27. The summed E-state index contributed by atoms with van der Waals surface area (Å²) in [4.78, 5) is 11.5. The number of aryl methyl sites for hydroxylation is 1. The van der Waals surface area contributed by atoms with E-state index in [2.05, 4.69) is 4.98 Å². The van der Waals surface area contributed by atoms with Gasteiger partial charge in [-0.15, -0.1) is 0 Å². The zero-order chi connectivity index (χ0) is 23.1. The molecule has 2 aromatic heterocycles. The van der Waals surface area contributed by atoms with Gasteiger partial charge in [0.2, 0.25) is 0 Å². The van der Waals surface area contributed by atoms with Gasteiger partial charge < -0.3 is 9.24 Å². The number of alkyl halides is 3. The van der Waals surface area contributed by atoms with Crippen molar-refractivity contribution >= 4 is 15.7 Å². The molecule has 0 saturated carbocycles. The number of sulfonamides is 1. The Labute approximate surface area is 182 Å². The number of fused-ring (bicyclic) bond motifs is 1. The van der Waals surface area contributed by atoms with Crippen LogP contribution < -0.4 is 9.72 Å². The Morgan fingerprint density at radius 1 is 1.03 bits per heavy atom. The maximum absolute atomic E-state index is 13.8. The average molecular weight is 461 g/mol. The highest BCUT2D eigenvalue weighted by atomic mass is 32.2. The minimum Gasteiger partial charge on any atom is -0.393 e. The maximum Gasteiger partial charge on any atom is 0.417 e. The molecule has 0 aliphatic carbocycles. The van der Waals surface area contributed by atoms with Gasteiger partial charge in [-0.05, 0) is 60.7 Å². The van der Waals surface area contributed by atoms with E-state index in [1.54, 1.807) is 34.9 Å². The van der Waals surface area contributed by atoms with Crippen molar-refractivity contribution in [3.8, 4) is 17.0 Å². The number of nitrogens with one attached hydrogen (secondary N) is 1. The van der Waals surface area contributed by atoms with Crippen molar-refractivity contribution in [2.45, 2.75) is 24.9 Å². The Kier molecular flexibility index (Phi) is 5.43. The predicted molar refractivity (Wildman–Crippen MR) is 112 cm³/mol. The van der Waals surface area contributed by atoms with Gasteiger partial charge in [0.05, 0.1) is 16.2 Å². The van der Waals surface area contributed by atoms with Crippen molar-refractivity contribution in [2.75, 3.05) is 0 Å². The lowest BCUT2D eigenvalue weighted by Gasteiger charge is -2.17. The molecule has 166 valence electrons. The molecule has 0 unspecified atom stereocenters. The summed E-state index contributed by atoms with van der Waals surface area (Å²) in [6.45, 7) is 3.28. The van der Waals surface area contributed by atoms with E-state index in [0.717, 1.165) is 17.7 Å². The number of aromatic nitrogens is 2. The van der Waals surface area contributed by atoms with Gasteiger partial charge in [0.15, 0.2) is 5.75 Å². The number of pyridine rings is 1. The molecule has 10 heteroatoms. The third-order valence-electron chi connectivity index (χ3n) is 4.91. The monoisotopic (exact) mass is 461 g/mol. The van der Waals surface area contributed by atoms with Gasteiger partial charge in [0, 0.05) is 23.5 Å². The smallest absolute Gasteiger partial charge is 0.393 e. The topological polar surface area (TPSA) is 72.7 Å².